The normalized spacial score (nSPS) is 11.2. The minimum Gasteiger partial charge on any atom is -0.354 e. The maximum atomic E-state index is 13.2. The summed E-state index contributed by atoms with van der Waals surface area (Å²) >= 11 is 3.03. The highest BCUT2D eigenvalue weighted by atomic mass is 32.1. The van der Waals surface area contributed by atoms with Crippen LogP contribution in [0.5, 0.6) is 0 Å². The van der Waals surface area contributed by atoms with Crippen LogP contribution in [-0.4, -0.2) is 22.0 Å². The van der Waals surface area contributed by atoms with Crippen molar-refractivity contribution >= 4 is 38.8 Å². The van der Waals surface area contributed by atoms with E-state index < -0.39 is 0 Å². The lowest BCUT2D eigenvalue weighted by Crippen LogP contribution is -2.35. The van der Waals surface area contributed by atoms with E-state index >= 15 is 0 Å². The van der Waals surface area contributed by atoms with Crippen LogP contribution in [0.3, 0.4) is 0 Å². The van der Waals surface area contributed by atoms with Crippen molar-refractivity contribution in [2.75, 3.05) is 6.54 Å². The van der Waals surface area contributed by atoms with Gasteiger partial charge >= 0.3 is 0 Å². The lowest BCUT2D eigenvalue weighted by atomic mass is 9.91. The van der Waals surface area contributed by atoms with E-state index in [2.05, 4.69) is 34.6 Å². The zero-order chi connectivity index (χ0) is 22.6. The summed E-state index contributed by atoms with van der Waals surface area (Å²) in [6.07, 6.45) is 1.46. The van der Waals surface area contributed by atoms with Crippen molar-refractivity contribution < 1.29 is 4.79 Å². The van der Waals surface area contributed by atoms with Crippen LogP contribution in [-0.2, 0) is 11.3 Å². The SMILES string of the molecule is O=C(Cn1cnc2scc(-c3cccs3)c2c1=O)NCC(c1ccccc1)c1ccccc1. The summed E-state index contributed by atoms with van der Waals surface area (Å²) in [6.45, 7) is 0.369. The number of benzene rings is 2. The highest BCUT2D eigenvalue weighted by Gasteiger charge is 2.17. The summed E-state index contributed by atoms with van der Waals surface area (Å²) in [5.41, 5.74) is 2.94. The molecule has 0 fully saturated rings. The summed E-state index contributed by atoms with van der Waals surface area (Å²) < 4.78 is 1.39. The number of hydrogen-bond acceptors (Lipinski definition) is 5. The van der Waals surface area contributed by atoms with Crippen molar-refractivity contribution in [2.24, 2.45) is 0 Å². The quantitative estimate of drug-likeness (QED) is 0.358. The van der Waals surface area contributed by atoms with Gasteiger partial charge in [0, 0.05) is 28.3 Å². The van der Waals surface area contributed by atoms with Crippen molar-refractivity contribution in [1.29, 1.82) is 0 Å². The molecule has 3 heterocycles. The zero-order valence-electron chi connectivity index (χ0n) is 17.7. The Bertz CT molecular complexity index is 1390. The molecule has 33 heavy (non-hydrogen) atoms. The molecule has 0 unspecified atom stereocenters. The highest BCUT2D eigenvalue weighted by molar-refractivity contribution is 7.18. The molecule has 164 valence electrons. The van der Waals surface area contributed by atoms with Crippen LogP contribution in [0.4, 0.5) is 0 Å². The van der Waals surface area contributed by atoms with Crippen molar-refractivity contribution in [3.63, 3.8) is 0 Å². The van der Waals surface area contributed by atoms with E-state index in [4.69, 9.17) is 0 Å². The maximum absolute atomic E-state index is 13.2. The van der Waals surface area contributed by atoms with Crippen LogP contribution in [0.1, 0.15) is 17.0 Å². The number of hydrogen-bond donors (Lipinski definition) is 1. The zero-order valence-corrected chi connectivity index (χ0v) is 19.3. The van der Waals surface area contributed by atoms with E-state index in [1.54, 1.807) is 11.3 Å². The Morgan fingerprint density at radius 2 is 1.64 bits per heavy atom. The van der Waals surface area contributed by atoms with Crippen molar-refractivity contribution in [3.8, 4) is 10.4 Å². The average molecular weight is 472 g/mol. The van der Waals surface area contributed by atoms with Gasteiger partial charge in [0.1, 0.15) is 11.4 Å². The van der Waals surface area contributed by atoms with Crippen LogP contribution in [0.15, 0.2) is 94.7 Å². The molecule has 1 amide bonds. The van der Waals surface area contributed by atoms with E-state index in [-0.39, 0.29) is 23.9 Å². The Labute approximate surface area is 199 Å². The third-order valence-electron chi connectivity index (χ3n) is 5.57. The Morgan fingerprint density at radius 3 is 2.27 bits per heavy atom. The average Bonchev–Trinajstić information content (AvgIpc) is 3.53. The van der Waals surface area contributed by atoms with Gasteiger partial charge in [0.25, 0.3) is 5.56 Å². The van der Waals surface area contributed by atoms with E-state index in [1.807, 2.05) is 59.3 Å². The van der Waals surface area contributed by atoms with Gasteiger partial charge in [-0.05, 0) is 22.6 Å². The van der Waals surface area contributed by atoms with Gasteiger partial charge in [-0.3, -0.25) is 14.2 Å². The maximum Gasteiger partial charge on any atom is 0.263 e. The van der Waals surface area contributed by atoms with Gasteiger partial charge in [0.2, 0.25) is 5.91 Å². The third-order valence-corrected chi connectivity index (χ3v) is 7.36. The van der Waals surface area contributed by atoms with Crippen LogP contribution in [0.25, 0.3) is 20.7 Å². The molecule has 5 aromatic rings. The van der Waals surface area contributed by atoms with Crippen LogP contribution in [0.2, 0.25) is 0 Å². The highest BCUT2D eigenvalue weighted by Crippen LogP contribution is 2.33. The number of carbonyl (C=O) groups is 1. The fraction of sp³-hybridized carbons (Fsp3) is 0.115. The summed E-state index contributed by atoms with van der Waals surface area (Å²) in [7, 11) is 0. The number of fused-ring (bicyclic) bond motifs is 1. The van der Waals surface area contributed by atoms with E-state index in [1.165, 1.54) is 22.2 Å². The lowest BCUT2D eigenvalue weighted by Gasteiger charge is -2.19. The molecular weight excluding hydrogens is 450 g/mol. The topological polar surface area (TPSA) is 64.0 Å². The van der Waals surface area contributed by atoms with E-state index in [9.17, 15) is 9.59 Å². The van der Waals surface area contributed by atoms with Crippen molar-refractivity contribution in [3.05, 3.63) is 111 Å². The van der Waals surface area contributed by atoms with Gasteiger partial charge in [0.15, 0.2) is 0 Å². The van der Waals surface area contributed by atoms with Crippen molar-refractivity contribution in [1.82, 2.24) is 14.9 Å². The molecule has 7 heteroatoms. The van der Waals surface area contributed by atoms with Gasteiger partial charge < -0.3 is 5.32 Å². The Morgan fingerprint density at radius 1 is 0.939 bits per heavy atom. The Hall–Kier alpha value is -3.55. The first-order chi connectivity index (χ1) is 16.2. The molecule has 0 aliphatic rings. The number of carbonyl (C=O) groups excluding carboxylic acids is 1. The van der Waals surface area contributed by atoms with E-state index in [0.29, 0.717) is 16.8 Å². The summed E-state index contributed by atoms with van der Waals surface area (Å²) in [6, 6.07) is 24.2. The van der Waals surface area contributed by atoms with Gasteiger partial charge in [-0.25, -0.2) is 4.98 Å². The number of thiophene rings is 2. The Balaban J connectivity index is 1.36. The predicted molar refractivity (Wildman–Crippen MR) is 135 cm³/mol. The monoisotopic (exact) mass is 471 g/mol. The molecule has 3 aromatic heterocycles. The molecule has 5 rings (SSSR count). The van der Waals surface area contributed by atoms with Crippen LogP contribution in [0, 0.1) is 0 Å². The van der Waals surface area contributed by atoms with E-state index in [0.717, 1.165) is 21.6 Å². The molecule has 1 N–H and O–H groups in total. The van der Waals surface area contributed by atoms with Crippen LogP contribution < -0.4 is 10.9 Å². The Kier molecular flexibility index (Phi) is 6.15. The van der Waals surface area contributed by atoms with Crippen molar-refractivity contribution in [2.45, 2.75) is 12.5 Å². The molecule has 0 spiro atoms. The number of nitrogens with zero attached hydrogens (tertiary/aromatic N) is 2. The number of aromatic nitrogens is 2. The second-order valence-corrected chi connectivity index (χ2v) is 9.47. The summed E-state index contributed by atoms with van der Waals surface area (Å²) in [5, 5.41) is 7.53. The molecule has 0 saturated carbocycles. The molecule has 0 aliphatic heterocycles. The number of amides is 1. The lowest BCUT2D eigenvalue weighted by molar-refractivity contribution is -0.121. The van der Waals surface area contributed by atoms with Gasteiger partial charge in [0.05, 0.1) is 11.7 Å². The first-order valence-corrected chi connectivity index (χ1v) is 12.3. The fourth-order valence-electron chi connectivity index (χ4n) is 3.92. The first kappa shape index (κ1) is 21.3. The predicted octanol–water partition coefficient (Wildman–Crippen LogP) is 5.13. The number of rotatable bonds is 7. The van der Waals surface area contributed by atoms with Gasteiger partial charge in [-0.2, -0.15) is 0 Å². The minimum atomic E-state index is -0.219. The van der Waals surface area contributed by atoms with Gasteiger partial charge in [-0.1, -0.05) is 66.7 Å². The first-order valence-electron chi connectivity index (χ1n) is 10.6. The summed E-state index contributed by atoms with van der Waals surface area (Å²) in [5.74, 6) is -0.195. The molecule has 0 bridgehead atoms. The molecule has 0 saturated heterocycles. The molecule has 5 nitrogen and oxygen atoms in total. The van der Waals surface area contributed by atoms with Gasteiger partial charge in [-0.15, -0.1) is 22.7 Å². The molecular formula is C26H21N3O2S2. The number of nitrogens with one attached hydrogen (secondary N) is 1. The second-order valence-electron chi connectivity index (χ2n) is 7.66. The standard InChI is InChI=1S/C26H21N3O2S2/c30-23(27-14-20(18-8-3-1-4-9-18)19-10-5-2-6-11-19)15-29-17-28-25-24(26(29)31)21(16-33-25)22-12-7-13-32-22/h1-13,16-17,20H,14-15H2,(H,27,30). The van der Waals surface area contributed by atoms with Crippen LogP contribution >= 0.6 is 22.7 Å². The molecule has 0 radical (unpaired) electrons. The smallest absolute Gasteiger partial charge is 0.263 e. The summed E-state index contributed by atoms with van der Waals surface area (Å²) in [4.78, 5) is 32.1. The minimum absolute atomic E-state index is 0.0241. The fourth-order valence-corrected chi connectivity index (χ4v) is 5.64. The molecule has 0 atom stereocenters. The molecule has 2 aromatic carbocycles. The second kappa shape index (κ2) is 9.52. The molecule has 0 aliphatic carbocycles. The largest absolute Gasteiger partial charge is 0.354 e. The third kappa shape index (κ3) is 4.51.